The van der Waals surface area contributed by atoms with Gasteiger partial charge in [-0.2, -0.15) is 5.16 Å². The van der Waals surface area contributed by atoms with E-state index in [0.717, 1.165) is 5.69 Å². The lowest BCUT2D eigenvalue weighted by Gasteiger charge is -2.37. The third-order valence-corrected chi connectivity index (χ3v) is 4.12. The Labute approximate surface area is 132 Å². The summed E-state index contributed by atoms with van der Waals surface area (Å²) in [5.74, 6) is 0.513. The molecule has 7 nitrogen and oxygen atoms in total. The number of aliphatic hydroxyl groups is 1. The van der Waals surface area contributed by atoms with Crippen LogP contribution in [0.4, 0.5) is 0 Å². The summed E-state index contributed by atoms with van der Waals surface area (Å²) in [5, 5.41) is 14.7. The molecule has 3 N–H and O–H groups in total. The Bertz CT molecular complexity index is 703. The van der Waals surface area contributed by atoms with Crippen molar-refractivity contribution in [3.05, 3.63) is 52.3 Å². The lowest BCUT2D eigenvalue weighted by molar-refractivity contribution is -0.123. The lowest BCUT2D eigenvalue weighted by Crippen LogP contribution is -2.41. The average molecular weight is 317 g/mol. The maximum atomic E-state index is 12.2. The van der Waals surface area contributed by atoms with Crippen molar-refractivity contribution < 1.29 is 14.4 Å². The van der Waals surface area contributed by atoms with E-state index in [2.05, 4.69) is 15.5 Å². The van der Waals surface area contributed by atoms with E-state index in [1.807, 2.05) is 18.2 Å². The molecule has 2 heterocycles. The second kappa shape index (κ2) is 6.78. The highest BCUT2D eigenvalue weighted by Gasteiger charge is 2.36. The quantitative estimate of drug-likeness (QED) is 0.734. The fourth-order valence-electron chi connectivity index (χ4n) is 2.82. The summed E-state index contributed by atoms with van der Waals surface area (Å²) < 4.78 is 4.94. The molecule has 0 unspecified atom stereocenters. The number of aliphatic hydroxyl groups excluding tert-OH is 1. The number of nitrogens with zero attached hydrogens (tertiary/aromatic N) is 1. The van der Waals surface area contributed by atoms with Gasteiger partial charge in [0, 0.05) is 25.1 Å². The van der Waals surface area contributed by atoms with Crippen LogP contribution in [0.1, 0.15) is 36.8 Å². The molecule has 2 aromatic rings. The zero-order valence-electron chi connectivity index (χ0n) is 12.6. The fraction of sp³-hybridized carbons (Fsp3) is 0.438. The highest BCUT2D eigenvalue weighted by atomic mass is 16.5. The van der Waals surface area contributed by atoms with Crippen molar-refractivity contribution in [2.24, 2.45) is 5.92 Å². The third kappa shape index (κ3) is 3.87. The second-order valence-corrected chi connectivity index (χ2v) is 5.86. The number of carbonyl (C=O) groups is 1. The molecule has 23 heavy (non-hydrogen) atoms. The third-order valence-electron chi connectivity index (χ3n) is 4.12. The molecule has 0 aromatic carbocycles. The van der Waals surface area contributed by atoms with Gasteiger partial charge in [0.05, 0.1) is 17.8 Å². The monoisotopic (exact) mass is 317 g/mol. The first-order valence-corrected chi connectivity index (χ1v) is 7.67. The summed E-state index contributed by atoms with van der Waals surface area (Å²) in [6.07, 6.45) is 3.30. The van der Waals surface area contributed by atoms with Gasteiger partial charge in [0.1, 0.15) is 5.76 Å². The molecule has 122 valence electrons. The Morgan fingerprint density at radius 2 is 2.30 bits per heavy atom. The Hall–Kier alpha value is -2.41. The van der Waals surface area contributed by atoms with Gasteiger partial charge < -0.3 is 14.9 Å². The molecule has 0 saturated heterocycles. The first kappa shape index (κ1) is 15.5. The van der Waals surface area contributed by atoms with Crippen LogP contribution in [0.25, 0.3) is 0 Å². The van der Waals surface area contributed by atoms with Crippen LogP contribution in [0, 0.1) is 5.92 Å². The van der Waals surface area contributed by atoms with Crippen LogP contribution in [0.5, 0.6) is 0 Å². The molecule has 1 fully saturated rings. The zero-order valence-corrected chi connectivity index (χ0v) is 12.6. The molecule has 1 amide bonds. The topological polar surface area (TPSA) is 108 Å². The summed E-state index contributed by atoms with van der Waals surface area (Å²) >= 11 is 0. The molecular formula is C16H19N3O4. The molecule has 1 saturated carbocycles. The van der Waals surface area contributed by atoms with Crippen molar-refractivity contribution >= 4 is 5.91 Å². The fourth-order valence-corrected chi connectivity index (χ4v) is 2.82. The number of carbonyl (C=O) groups excluding carboxylic acids is 1. The van der Waals surface area contributed by atoms with Crippen LogP contribution < -0.4 is 10.9 Å². The summed E-state index contributed by atoms with van der Waals surface area (Å²) in [4.78, 5) is 27.5. The van der Waals surface area contributed by atoms with Gasteiger partial charge in [-0.1, -0.05) is 6.07 Å². The Kier molecular flexibility index (Phi) is 4.57. The number of hydrogen-bond acceptors (Lipinski definition) is 5. The number of hydrogen-bond donors (Lipinski definition) is 3. The highest BCUT2D eigenvalue weighted by Crippen LogP contribution is 2.37. The standard InChI is InChI=1S/C16H19N3O4/c20-11-7-10(8-11)16(13-3-1-2-6-17-13)18-14(21)5-4-12-9-15(22)19-23-12/h1-3,6,9-11,16,20H,4-5,7-8H2,(H,18,21)(H,19,22)/t10?,11?,16-/m1/s1. The van der Waals surface area contributed by atoms with Crippen molar-refractivity contribution in [2.45, 2.75) is 37.8 Å². The van der Waals surface area contributed by atoms with E-state index >= 15 is 0 Å². The summed E-state index contributed by atoms with van der Waals surface area (Å²) in [7, 11) is 0. The number of nitrogens with one attached hydrogen (secondary N) is 2. The Morgan fingerprint density at radius 3 is 2.91 bits per heavy atom. The molecular weight excluding hydrogens is 298 g/mol. The predicted molar refractivity (Wildman–Crippen MR) is 81.5 cm³/mol. The van der Waals surface area contributed by atoms with E-state index in [1.54, 1.807) is 6.20 Å². The molecule has 0 bridgehead atoms. The molecule has 7 heteroatoms. The van der Waals surface area contributed by atoms with Crippen LogP contribution in [0.2, 0.25) is 0 Å². The first-order chi connectivity index (χ1) is 11.1. The van der Waals surface area contributed by atoms with Crippen LogP contribution in [0.15, 0.2) is 39.8 Å². The van der Waals surface area contributed by atoms with E-state index < -0.39 is 0 Å². The van der Waals surface area contributed by atoms with Gasteiger partial charge in [0.15, 0.2) is 0 Å². The van der Waals surface area contributed by atoms with Crippen LogP contribution in [0.3, 0.4) is 0 Å². The largest absolute Gasteiger partial charge is 0.393 e. The smallest absolute Gasteiger partial charge is 0.280 e. The van der Waals surface area contributed by atoms with Gasteiger partial charge in [-0.3, -0.25) is 14.6 Å². The van der Waals surface area contributed by atoms with Crippen molar-refractivity contribution in [3.63, 3.8) is 0 Å². The number of aromatic amines is 1. The van der Waals surface area contributed by atoms with E-state index in [-0.39, 0.29) is 36.0 Å². The van der Waals surface area contributed by atoms with E-state index in [1.165, 1.54) is 6.07 Å². The van der Waals surface area contributed by atoms with Gasteiger partial charge in [0.2, 0.25) is 5.91 Å². The molecule has 0 radical (unpaired) electrons. The normalized spacial score (nSPS) is 21.4. The summed E-state index contributed by atoms with van der Waals surface area (Å²) in [6.45, 7) is 0. The minimum absolute atomic E-state index is 0.133. The highest BCUT2D eigenvalue weighted by molar-refractivity contribution is 5.76. The number of aromatic nitrogens is 2. The predicted octanol–water partition coefficient (Wildman–Crippen LogP) is 0.924. The van der Waals surface area contributed by atoms with Gasteiger partial charge >= 0.3 is 0 Å². The van der Waals surface area contributed by atoms with Crippen molar-refractivity contribution in [2.75, 3.05) is 0 Å². The van der Waals surface area contributed by atoms with Gasteiger partial charge in [-0.05, 0) is 30.9 Å². The van der Waals surface area contributed by atoms with Gasteiger partial charge in [-0.15, -0.1) is 0 Å². The van der Waals surface area contributed by atoms with Crippen LogP contribution in [-0.2, 0) is 11.2 Å². The molecule has 0 aliphatic heterocycles. The maximum absolute atomic E-state index is 12.2. The molecule has 1 aliphatic carbocycles. The number of rotatable bonds is 6. The molecule has 2 aromatic heterocycles. The van der Waals surface area contributed by atoms with Crippen molar-refractivity contribution in [1.82, 2.24) is 15.5 Å². The average Bonchev–Trinajstić information content (AvgIpc) is 2.94. The number of amides is 1. The SMILES string of the molecule is O=C(CCc1cc(=O)[nH]o1)N[C@@H](c1ccccn1)C1CC(O)C1. The molecule has 0 spiro atoms. The summed E-state index contributed by atoms with van der Waals surface area (Å²) in [6, 6.07) is 6.72. The maximum Gasteiger partial charge on any atom is 0.280 e. The van der Waals surface area contributed by atoms with E-state index in [0.29, 0.717) is 25.0 Å². The Morgan fingerprint density at radius 1 is 1.48 bits per heavy atom. The van der Waals surface area contributed by atoms with Crippen LogP contribution in [-0.4, -0.2) is 27.3 Å². The van der Waals surface area contributed by atoms with E-state index in [9.17, 15) is 14.7 Å². The minimum Gasteiger partial charge on any atom is -0.393 e. The summed E-state index contributed by atoms with van der Waals surface area (Å²) in [5.41, 5.74) is 0.487. The van der Waals surface area contributed by atoms with E-state index in [4.69, 9.17) is 4.52 Å². The zero-order chi connectivity index (χ0) is 16.2. The second-order valence-electron chi connectivity index (χ2n) is 5.86. The Balaban J connectivity index is 1.61. The number of pyridine rings is 1. The van der Waals surface area contributed by atoms with Crippen molar-refractivity contribution in [1.29, 1.82) is 0 Å². The lowest BCUT2D eigenvalue weighted by atomic mass is 9.76. The van der Waals surface area contributed by atoms with Gasteiger partial charge in [-0.25, -0.2) is 0 Å². The van der Waals surface area contributed by atoms with Crippen molar-refractivity contribution in [3.8, 4) is 0 Å². The minimum atomic E-state index is -0.310. The molecule has 1 aliphatic rings. The van der Waals surface area contributed by atoms with Gasteiger partial charge in [0.25, 0.3) is 5.56 Å². The first-order valence-electron chi connectivity index (χ1n) is 7.67. The molecule has 3 rings (SSSR count). The van der Waals surface area contributed by atoms with Crippen LogP contribution >= 0.6 is 0 Å². The number of H-pyrrole nitrogens is 1. The molecule has 1 atom stereocenters. The number of aryl methyl sites for hydroxylation is 1.